The van der Waals surface area contributed by atoms with Crippen LogP contribution in [0.25, 0.3) is 10.9 Å². The highest BCUT2D eigenvalue weighted by Gasteiger charge is 2.25. The van der Waals surface area contributed by atoms with Crippen molar-refractivity contribution >= 4 is 45.7 Å². The van der Waals surface area contributed by atoms with Gasteiger partial charge in [-0.15, -0.1) is 0 Å². The van der Waals surface area contributed by atoms with E-state index >= 15 is 0 Å². The lowest BCUT2D eigenvalue weighted by Crippen LogP contribution is -2.37. The molecule has 2 fully saturated rings. The predicted molar refractivity (Wildman–Crippen MR) is 148 cm³/mol. The van der Waals surface area contributed by atoms with Crippen LogP contribution in [0.1, 0.15) is 19.3 Å². The average Bonchev–Trinajstić information content (AvgIpc) is 3.77. The summed E-state index contributed by atoms with van der Waals surface area (Å²) in [6.07, 6.45) is 4.40. The zero-order valence-electron chi connectivity index (χ0n) is 21.5. The van der Waals surface area contributed by atoms with E-state index in [0.717, 1.165) is 52.1 Å². The molecular formula is C27H31ClN6O5. The molecule has 0 unspecified atom stereocenters. The topological polar surface area (TPSA) is 119 Å². The third-order valence-electron chi connectivity index (χ3n) is 6.75. The highest BCUT2D eigenvalue weighted by Crippen LogP contribution is 2.47. The van der Waals surface area contributed by atoms with Crippen molar-refractivity contribution in [1.29, 1.82) is 0 Å². The number of ether oxygens (including phenoxy) is 4. The molecule has 39 heavy (non-hydrogen) atoms. The number of benzene rings is 2. The van der Waals surface area contributed by atoms with Crippen LogP contribution in [0, 0.1) is 0 Å². The summed E-state index contributed by atoms with van der Waals surface area (Å²) in [4.78, 5) is 23.4. The number of morpholine rings is 1. The summed E-state index contributed by atoms with van der Waals surface area (Å²) in [6.45, 7) is 5.81. The smallest absolute Gasteiger partial charge is 0.319 e. The van der Waals surface area contributed by atoms with Gasteiger partial charge in [0.05, 0.1) is 41.4 Å². The number of fused-ring (bicyclic) bond motifs is 3. The van der Waals surface area contributed by atoms with Crippen LogP contribution in [-0.4, -0.2) is 79.6 Å². The third kappa shape index (κ3) is 6.21. The van der Waals surface area contributed by atoms with Gasteiger partial charge in [-0.25, -0.2) is 14.8 Å². The number of anilines is 3. The summed E-state index contributed by atoms with van der Waals surface area (Å²) in [7, 11) is 0. The first kappa shape index (κ1) is 25.7. The molecule has 1 saturated carbocycles. The van der Waals surface area contributed by atoms with Crippen molar-refractivity contribution < 1.29 is 23.7 Å². The van der Waals surface area contributed by atoms with Crippen LogP contribution in [0.4, 0.5) is 22.0 Å². The second-order valence-corrected chi connectivity index (χ2v) is 10.1. The molecule has 6 rings (SSSR count). The fourth-order valence-electron chi connectivity index (χ4n) is 4.61. The van der Waals surface area contributed by atoms with Crippen LogP contribution >= 0.6 is 11.6 Å². The van der Waals surface area contributed by atoms with Gasteiger partial charge in [-0.1, -0.05) is 11.6 Å². The third-order valence-corrected chi connectivity index (χ3v) is 7.06. The Labute approximate surface area is 231 Å². The second-order valence-electron chi connectivity index (χ2n) is 9.69. The molecule has 2 aromatic carbocycles. The first-order valence-corrected chi connectivity index (χ1v) is 13.7. The van der Waals surface area contributed by atoms with Gasteiger partial charge in [0, 0.05) is 37.4 Å². The minimum atomic E-state index is -0.259. The van der Waals surface area contributed by atoms with Crippen LogP contribution in [-0.2, 0) is 4.74 Å². The molecule has 3 aliphatic rings. The lowest BCUT2D eigenvalue weighted by molar-refractivity contribution is 0.0357. The molecule has 3 aromatic rings. The van der Waals surface area contributed by atoms with Crippen LogP contribution < -0.4 is 30.2 Å². The quantitative estimate of drug-likeness (QED) is 0.335. The van der Waals surface area contributed by atoms with E-state index in [4.69, 9.17) is 30.5 Å². The molecule has 3 heterocycles. The molecule has 12 heteroatoms. The lowest BCUT2D eigenvalue weighted by Gasteiger charge is -2.26. The van der Waals surface area contributed by atoms with E-state index in [1.54, 1.807) is 12.1 Å². The number of nitrogens with zero attached hydrogens (tertiary/aromatic N) is 3. The maximum atomic E-state index is 12.1. The molecule has 0 atom stereocenters. The SMILES string of the molecule is O=C(Nc1ccc(Nc2ncnc3cc(OCCCN4CCOCC4)c4c(c23)OCCO4)cc1Cl)NC1CC1. The highest BCUT2D eigenvalue weighted by molar-refractivity contribution is 6.34. The minimum absolute atomic E-state index is 0.258. The van der Waals surface area contributed by atoms with E-state index in [9.17, 15) is 4.79 Å². The molecule has 1 aliphatic carbocycles. The standard InChI is InChI=1S/C27H31ClN6O5/c28-19-14-18(4-5-20(19)33-27(35)32-17-2-3-17)31-26-23-21(29-16-30-26)15-22(24-25(23)39-13-12-38-24)37-9-1-6-34-7-10-36-11-8-34/h4-5,14-17H,1-3,6-13H2,(H,29,30,31)(H2,32,33,35). The van der Waals surface area contributed by atoms with E-state index < -0.39 is 0 Å². The Morgan fingerprint density at radius 3 is 2.69 bits per heavy atom. The highest BCUT2D eigenvalue weighted by atomic mass is 35.5. The molecule has 2 aliphatic heterocycles. The Balaban J connectivity index is 1.19. The van der Waals surface area contributed by atoms with Gasteiger partial charge in [0.15, 0.2) is 11.5 Å². The molecule has 0 radical (unpaired) electrons. The normalized spacial score (nSPS) is 17.1. The van der Waals surface area contributed by atoms with Crippen LogP contribution in [0.15, 0.2) is 30.6 Å². The second kappa shape index (κ2) is 11.7. The molecule has 1 saturated heterocycles. The number of hydrogen-bond acceptors (Lipinski definition) is 9. The zero-order valence-corrected chi connectivity index (χ0v) is 22.3. The summed E-state index contributed by atoms with van der Waals surface area (Å²) in [5, 5.41) is 10.1. The van der Waals surface area contributed by atoms with Gasteiger partial charge in [-0.2, -0.15) is 0 Å². The van der Waals surface area contributed by atoms with Gasteiger partial charge < -0.3 is 34.9 Å². The largest absolute Gasteiger partial charge is 0.489 e. The van der Waals surface area contributed by atoms with Crippen molar-refractivity contribution in [2.75, 3.05) is 63.3 Å². The van der Waals surface area contributed by atoms with E-state index in [-0.39, 0.29) is 12.1 Å². The number of nitrogens with one attached hydrogen (secondary N) is 3. The first-order valence-electron chi connectivity index (χ1n) is 13.3. The maximum Gasteiger partial charge on any atom is 0.319 e. The summed E-state index contributed by atoms with van der Waals surface area (Å²) in [5.41, 5.74) is 1.89. The number of halogens is 1. The van der Waals surface area contributed by atoms with Crippen LogP contribution in [0.5, 0.6) is 17.2 Å². The van der Waals surface area contributed by atoms with Crippen LogP contribution in [0.3, 0.4) is 0 Å². The Kier molecular flexibility index (Phi) is 7.71. The number of hydrogen-bond donors (Lipinski definition) is 3. The summed E-state index contributed by atoms with van der Waals surface area (Å²) in [6, 6.07) is 7.17. The molecule has 11 nitrogen and oxygen atoms in total. The van der Waals surface area contributed by atoms with Crippen molar-refractivity contribution in [2.24, 2.45) is 0 Å². The molecule has 1 aromatic heterocycles. The fraction of sp³-hybridized carbons (Fsp3) is 0.444. The molecule has 0 bridgehead atoms. The van der Waals surface area contributed by atoms with Gasteiger partial charge >= 0.3 is 6.03 Å². The average molecular weight is 555 g/mol. The van der Waals surface area contributed by atoms with Crippen LogP contribution in [0.2, 0.25) is 5.02 Å². The predicted octanol–water partition coefficient (Wildman–Crippen LogP) is 4.18. The minimum Gasteiger partial charge on any atom is -0.489 e. The molecule has 0 spiro atoms. The summed E-state index contributed by atoms with van der Waals surface area (Å²) < 4.78 is 23.6. The van der Waals surface area contributed by atoms with Crippen molar-refractivity contribution in [3.05, 3.63) is 35.6 Å². The first-order chi connectivity index (χ1) is 19.1. The van der Waals surface area contributed by atoms with Gasteiger partial charge in [-0.05, 0) is 37.5 Å². The summed E-state index contributed by atoms with van der Waals surface area (Å²) in [5.74, 6) is 2.25. The van der Waals surface area contributed by atoms with Gasteiger partial charge in [0.2, 0.25) is 5.75 Å². The number of urea groups is 1. The fourth-order valence-corrected chi connectivity index (χ4v) is 4.84. The number of carbonyl (C=O) groups is 1. The van der Waals surface area contributed by atoms with E-state index in [2.05, 4.69) is 30.8 Å². The number of aromatic nitrogens is 2. The van der Waals surface area contributed by atoms with E-state index in [0.29, 0.717) is 70.2 Å². The molecule has 2 amide bonds. The van der Waals surface area contributed by atoms with Crippen molar-refractivity contribution in [2.45, 2.75) is 25.3 Å². The molecule has 206 valence electrons. The van der Waals surface area contributed by atoms with Crippen molar-refractivity contribution in [3.63, 3.8) is 0 Å². The van der Waals surface area contributed by atoms with Gasteiger partial charge in [0.1, 0.15) is 25.4 Å². The Morgan fingerprint density at radius 1 is 1.08 bits per heavy atom. The zero-order chi connectivity index (χ0) is 26.6. The van der Waals surface area contributed by atoms with Gasteiger partial charge in [-0.3, -0.25) is 4.90 Å². The van der Waals surface area contributed by atoms with Gasteiger partial charge in [0.25, 0.3) is 0 Å². The monoisotopic (exact) mass is 554 g/mol. The van der Waals surface area contributed by atoms with Crippen molar-refractivity contribution in [3.8, 4) is 17.2 Å². The Hall–Kier alpha value is -3.54. The Morgan fingerprint density at radius 2 is 1.90 bits per heavy atom. The number of carbonyl (C=O) groups excluding carboxylic acids is 1. The van der Waals surface area contributed by atoms with E-state index in [1.165, 1.54) is 6.33 Å². The van der Waals surface area contributed by atoms with Crippen molar-refractivity contribution in [1.82, 2.24) is 20.2 Å². The molecule has 3 N–H and O–H groups in total. The van der Waals surface area contributed by atoms with E-state index in [1.807, 2.05) is 12.1 Å². The Bertz CT molecular complexity index is 1350. The maximum absolute atomic E-state index is 12.1. The summed E-state index contributed by atoms with van der Waals surface area (Å²) >= 11 is 6.47. The number of rotatable bonds is 9. The lowest BCUT2D eigenvalue weighted by atomic mass is 10.1. The number of amides is 2. The molecular weight excluding hydrogens is 524 g/mol.